The quantitative estimate of drug-likeness (QED) is 0.774. The average molecular weight is 266 g/mol. The smallest absolute Gasteiger partial charge is 0.169 e. The van der Waals surface area contributed by atoms with E-state index in [2.05, 4.69) is 18.2 Å². The fraction of sp³-hybridized carbons (Fsp3) is 0.143. The van der Waals surface area contributed by atoms with Crippen molar-refractivity contribution in [1.29, 1.82) is 0 Å². The molecule has 3 heteroatoms. The van der Waals surface area contributed by atoms with Crippen LogP contribution in [0.1, 0.15) is 5.56 Å². The monoisotopic (exact) mass is 265 g/mol. The fourth-order valence-corrected chi connectivity index (χ4v) is 4.20. The predicted molar refractivity (Wildman–Crippen MR) is 77.6 cm³/mol. The van der Waals surface area contributed by atoms with E-state index in [1.54, 1.807) is 7.11 Å². The van der Waals surface area contributed by atoms with Crippen LogP contribution in [0.25, 0.3) is 0 Å². The van der Waals surface area contributed by atoms with Crippen LogP contribution in [0.5, 0.6) is 5.75 Å². The Morgan fingerprint density at radius 2 is 1.71 bits per heavy atom. The Morgan fingerprint density at radius 3 is 2.35 bits per heavy atom. The number of hydrogen-bond donors (Lipinski definition) is 0. The molecular weight excluding hydrogens is 251 g/mol. The lowest BCUT2D eigenvalue weighted by Gasteiger charge is -2.09. The lowest BCUT2D eigenvalue weighted by atomic mass is 10.2. The van der Waals surface area contributed by atoms with Crippen molar-refractivity contribution >= 4 is 29.1 Å². The molecule has 0 aromatic heterocycles. The highest BCUT2D eigenvalue weighted by Gasteiger charge is 2.24. The van der Waals surface area contributed by atoms with Gasteiger partial charge in [0.2, 0.25) is 0 Å². The Labute approximate surface area is 108 Å². The summed E-state index contributed by atoms with van der Waals surface area (Å²) in [6, 6.07) is 16.3. The predicted octanol–water partition coefficient (Wildman–Crippen LogP) is 3.32. The molecule has 1 atom stereocenters. The zero-order valence-corrected chi connectivity index (χ0v) is 11.7. The molecule has 88 valence electrons. The molecule has 1 nitrogen and oxygen atoms in total. The number of hydrogen-bond acceptors (Lipinski definition) is 1. The molecule has 0 fully saturated rings. The summed E-state index contributed by atoms with van der Waals surface area (Å²) in [6.07, 6.45) is 0. The zero-order valence-electron chi connectivity index (χ0n) is 9.91. The van der Waals surface area contributed by atoms with Crippen LogP contribution in [0.15, 0.2) is 48.5 Å². The van der Waals surface area contributed by atoms with Crippen molar-refractivity contribution in [2.75, 3.05) is 7.11 Å². The third-order valence-electron chi connectivity index (χ3n) is 2.68. The standard InChI is InChI=1S/C14H14ClOP/c1-11-7-6-10-13(14(11)16-2)17(15)12-8-4-3-5-9-12/h3-10H,1-2H3/p+1. The molecule has 0 aliphatic heterocycles. The first kappa shape index (κ1) is 12.4. The number of aryl methyl sites for hydroxylation is 1. The van der Waals surface area contributed by atoms with Gasteiger partial charge in [-0.25, -0.2) is 0 Å². The molecule has 0 N–H and O–H groups in total. The maximum Gasteiger partial charge on any atom is 0.169 e. The van der Waals surface area contributed by atoms with Crippen LogP contribution in [0.4, 0.5) is 0 Å². The summed E-state index contributed by atoms with van der Waals surface area (Å²) in [4.78, 5) is 0. The lowest BCUT2D eigenvalue weighted by molar-refractivity contribution is 0.415. The Hall–Kier alpha value is -1.04. The molecule has 0 heterocycles. The molecule has 0 bridgehead atoms. The molecule has 0 aliphatic carbocycles. The van der Waals surface area contributed by atoms with Crippen molar-refractivity contribution < 1.29 is 4.74 Å². The van der Waals surface area contributed by atoms with Crippen LogP contribution in [-0.2, 0) is 0 Å². The minimum absolute atomic E-state index is 0.917. The maximum absolute atomic E-state index is 6.61. The van der Waals surface area contributed by atoms with E-state index in [0.717, 1.165) is 16.6 Å². The van der Waals surface area contributed by atoms with Gasteiger partial charge in [-0.2, -0.15) is 0 Å². The van der Waals surface area contributed by atoms with E-state index in [4.69, 9.17) is 16.0 Å². The Kier molecular flexibility index (Phi) is 4.04. The molecule has 2 aromatic carbocycles. The second kappa shape index (κ2) is 5.53. The van der Waals surface area contributed by atoms with Gasteiger partial charge in [0, 0.05) is 0 Å². The van der Waals surface area contributed by atoms with Crippen molar-refractivity contribution in [2.24, 2.45) is 0 Å². The number of methoxy groups -OCH3 is 1. The summed E-state index contributed by atoms with van der Waals surface area (Å²) in [6.45, 7) is 2.04. The van der Waals surface area contributed by atoms with Crippen molar-refractivity contribution in [3.05, 3.63) is 54.1 Å². The number of ether oxygens (including phenoxy) is 1. The molecule has 0 aliphatic rings. The lowest BCUT2D eigenvalue weighted by Crippen LogP contribution is -2.11. The summed E-state index contributed by atoms with van der Waals surface area (Å²) in [7, 11) is 0.436. The summed E-state index contributed by atoms with van der Waals surface area (Å²) in [5, 5.41) is 2.30. The molecule has 2 rings (SSSR count). The second-order valence-electron chi connectivity index (χ2n) is 3.84. The largest absolute Gasteiger partial charge is 0.492 e. The third-order valence-corrected chi connectivity index (χ3v) is 5.65. The number of halogens is 1. The van der Waals surface area contributed by atoms with Crippen LogP contribution in [0, 0.1) is 6.92 Å². The van der Waals surface area contributed by atoms with Gasteiger partial charge < -0.3 is 4.74 Å². The van der Waals surface area contributed by atoms with E-state index in [1.165, 1.54) is 5.30 Å². The minimum atomic E-state index is -1.26. The van der Waals surface area contributed by atoms with Gasteiger partial charge in [0.25, 0.3) is 0 Å². The van der Waals surface area contributed by atoms with E-state index in [-0.39, 0.29) is 0 Å². The van der Waals surface area contributed by atoms with Gasteiger partial charge in [-0.15, -0.1) is 0 Å². The number of para-hydroxylation sites is 1. The normalized spacial score (nSPS) is 12.2. The SMILES string of the molecule is COc1c(C)cccc1[PH+](Cl)c1ccccc1. The summed E-state index contributed by atoms with van der Waals surface area (Å²) >= 11 is 6.61. The van der Waals surface area contributed by atoms with Gasteiger partial charge in [-0.1, -0.05) is 30.3 Å². The van der Waals surface area contributed by atoms with Crippen LogP contribution in [0.2, 0.25) is 0 Å². The minimum Gasteiger partial charge on any atom is -0.492 e. The van der Waals surface area contributed by atoms with Crippen LogP contribution < -0.4 is 15.3 Å². The molecular formula is C14H15ClOP+. The average Bonchev–Trinajstić information content (AvgIpc) is 2.38. The first-order chi connectivity index (χ1) is 8.24. The molecule has 0 radical (unpaired) electrons. The highest BCUT2D eigenvalue weighted by Crippen LogP contribution is 2.42. The van der Waals surface area contributed by atoms with Gasteiger partial charge in [-0.3, -0.25) is 0 Å². The van der Waals surface area contributed by atoms with Crippen molar-refractivity contribution in [1.82, 2.24) is 0 Å². The Bertz CT molecular complexity index is 499. The van der Waals surface area contributed by atoms with E-state index in [9.17, 15) is 0 Å². The highest BCUT2D eigenvalue weighted by atomic mass is 35.7. The van der Waals surface area contributed by atoms with Gasteiger partial charge in [0.05, 0.1) is 18.4 Å². The molecule has 0 saturated heterocycles. The first-order valence-corrected chi connectivity index (χ1v) is 7.97. The van der Waals surface area contributed by atoms with Crippen molar-refractivity contribution in [3.8, 4) is 5.75 Å². The molecule has 0 amide bonds. The van der Waals surface area contributed by atoms with Crippen LogP contribution in [-0.4, -0.2) is 7.11 Å². The molecule has 1 unspecified atom stereocenters. The van der Waals surface area contributed by atoms with Gasteiger partial charge in [0.1, 0.15) is 5.30 Å². The van der Waals surface area contributed by atoms with E-state index < -0.39 is 7.27 Å². The summed E-state index contributed by atoms with van der Waals surface area (Å²) in [5.74, 6) is 0.917. The fourth-order valence-electron chi connectivity index (χ4n) is 1.84. The van der Waals surface area contributed by atoms with Crippen LogP contribution in [0.3, 0.4) is 0 Å². The summed E-state index contributed by atoms with van der Waals surface area (Å²) < 4.78 is 5.46. The highest BCUT2D eigenvalue weighted by molar-refractivity contribution is 7.95. The van der Waals surface area contributed by atoms with E-state index in [1.807, 2.05) is 37.3 Å². The van der Waals surface area contributed by atoms with Crippen molar-refractivity contribution in [2.45, 2.75) is 6.92 Å². The topological polar surface area (TPSA) is 9.23 Å². The van der Waals surface area contributed by atoms with Gasteiger partial charge in [-0.05, 0) is 30.7 Å². The second-order valence-corrected chi connectivity index (χ2v) is 6.71. The molecule has 2 aromatic rings. The molecule has 0 saturated carbocycles. The maximum atomic E-state index is 6.61. The van der Waals surface area contributed by atoms with Crippen LogP contribution >= 0.6 is 18.5 Å². The zero-order chi connectivity index (χ0) is 12.3. The first-order valence-electron chi connectivity index (χ1n) is 5.46. The van der Waals surface area contributed by atoms with Gasteiger partial charge in [0.15, 0.2) is 18.3 Å². The summed E-state index contributed by atoms with van der Waals surface area (Å²) in [5.41, 5.74) is 1.13. The number of benzene rings is 2. The molecule has 17 heavy (non-hydrogen) atoms. The molecule has 0 spiro atoms. The Morgan fingerprint density at radius 1 is 1.00 bits per heavy atom. The number of rotatable bonds is 3. The third kappa shape index (κ3) is 2.62. The Balaban J connectivity index is 2.44. The van der Waals surface area contributed by atoms with E-state index >= 15 is 0 Å². The van der Waals surface area contributed by atoms with Crippen molar-refractivity contribution in [3.63, 3.8) is 0 Å². The van der Waals surface area contributed by atoms with Gasteiger partial charge >= 0.3 is 0 Å². The van der Waals surface area contributed by atoms with E-state index in [0.29, 0.717) is 0 Å².